The van der Waals surface area contributed by atoms with Crippen molar-refractivity contribution in [1.29, 1.82) is 5.26 Å². The molecule has 5 nitrogen and oxygen atoms in total. The smallest absolute Gasteiger partial charge is 0.238 e. The van der Waals surface area contributed by atoms with Crippen molar-refractivity contribution in [3.63, 3.8) is 0 Å². The normalized spacial score (nSPS) is 9.85. The van der Waals surface area contributed by atoms with Gasteiger partial charge in [-0.25, -0.2) is 4.98 Å². The zero-order chi connectivity index (χ0) is 14.4. The Hall–Kier alpha value is -2.13. The van der Waals surface area contributed by atoms with Crippen molar-refractivity contribution in [2.24, 2.45) is 0 Å². The second-order valence-corrected chi connectivity index (χ2v) is 4.87. The van der Waals surface area contributed by atoms with E-state index in [1.54, 1.807) is 30.5 Å². The molecule has 0 saturated carbocycles. The molecule has 102 valence electrons. The predicted molar refractivity (Wildman–Crippen MR) is 79.7 cm³/mol. The molecular formula is C14H13BrN4O. The lowest BCUT2D eigenvalue weighted by Crippen LogP contribution is -2.04. The molecular weight excluding hydrogens is 320 g/mol. The van der Waals surface area contributed by atoms with E-state index in [4.69, 9.17) is 10.00 Å². The van der Waals surface area contributed by atoms with E-state index in [0.29, 0.717) is 27.6 Å². The summed E-state index contributed by atoms with van der Waals surface area (Å²) < 4.78 is 6.35. The third kappa shape index (κ3) is 3.68. The maximum Gasteiger partial charge on any atom is 0.238 e. The van der Waals surface area contributed by atoms with Crippen LogP contribution in [0.25, 0.3) is 0 Å². The number of rotatable bonds is 5. The molecule has 0 spiro atoms. The van der Waals surface area contributed by atoms with Crippen molar-refractivity contribution < 1.29 is 4.74 Å². The highest BCUT2D eigenvalue weighted by Crippen LogP contribution is 2.27. The van der Waals surface area contributed by atoms with Crippen LogP contribution in [0.3, 0.4) is 0 Å². The molecule has 0 atom stereocenters. The van der Waals surface area contributed by atoms with Gasteiger partial charge in [-0.2, -0.15) is 10.2 Å². The molecule has 1 aromatic carbocycles. The minimum atomic E-state index is 0.434. The first kappa shape index (κ1) is 14.3. The van der Waals surface area contributed by atoms with E-state index in [2.05, 4.69) is 44.2 Å². The first-order chi connectivity index (χ1) is 9.72. The Morgan fingerprint density at radius 3 is 2.75 bits per heavy atom. The summed E-state index contributed by atoms with van der Waals surface area (Å²) in [5.74, 6) is 1.58. The zero-order valence-corrected chi connectivity index (χ0v) is 12.5. The number of ether oxygens (including phenoxy) is 1. The third-order valence-electron chi connectivity index (χ3n) is 2.44. The Bertz CT molecular complexity index is 622. The molecule has 6 heteroatoms. The molecule has 0 aliphatic heterocycles. The maximum absolute atomic E-state index is 8.75. The second-order valence-electron chi connectivity index (χ2n) is 4.01. The van der Waals surface area contributed by atoms with Crippen LogP contribution < -0.4 is 10.1 Å². The summed E-state index contributed by atoms with van der Waals surface area (Å²) in [6.07, 6.45) is 2.63. The third-order valence-corrected chi connectivity index (χ3v) is 2.99. The van der Waals surface area contributed by atoms with Gasteiger partial charge >= 0.3 is 0 Å². The highest BCUT2D eigenvalue weighted by atomic mass is 79.9. The van der Waals surface area contributed by atoms with Gasteiger partial charge in [0.1, 0.15) is 5.75 Å². The number of nitrogens with zero attached hydrogens (tertiary/aromatic N) is 3. The number of nitriles is 1. The van der Waals surface area contributed by atoms with Gasteiger partial charge in [0.25, 0.3) is 0 Å². The monoisotopic (exact) mass is 332 g/mol. The van der Waals surface area contributed by atoms with Gasteiger partial charge in [0, 0.05) is 6.54 Å². The molecule has 0 fully saturated rings. The van der Waals surface area contributed by atoms with Crippen LogP contribution in [0.1, 0.15) is 18.9 Å². The van der Waals surface area contributed by atoms with Gasteiger partial charge in [-0.3, -0.25) is 0 Å². The Labute approximate surface area is 125 Å². The average Bonchev–Trinajstić information content (AvgIpc) is 2.49. The summed E-state index contributed by atoms with van der Waals surface area (Å²) >= 11 is 3.35. The Morgan fingerprint density at radius 1 is 1.35 bits per heavy atom. The summed E-state index contributed by atoms with van der Waals surface area (Å²) in [6, 6.07) is 8.91. The summed E-state index contributed by atoms with van der Waals surface area (Å²) in [4.78, 5) is 8.44. The molecule has 0 amide bonds. The molecule has 1 aromatic heterocycles. The minimum Gasteiger partial charge on any atom is -0.438 e. The zero-order valence-electron chi connectivity index (χ0n) is 10.9. The van der Waals surface area contributed by atoms with Crippen molar-refractivity contribution in [1.82, 2.24) is 9.97 Å². The second kappa shape index (κ2) is 6.87. The van der Waals surface area contributed by atoms with Gasteiger partial charge < -0.3 is 10.1 Å². The van der Waals surface area contributed by atoms with Crippen LogP contribution in [0, 0.1) is 11.3 Å². The first-order valence-corrected chi connectivity index (χ1v) is 6.96. The molecule has 0 saturated heterocycles. The van der Waals surface area contributed by atoms with Crippen LogP contribution in [0.15, 0.2) is 34.9 Å². The number of hydrogen-bond donors (Lipinski definition) is 1. The number of hydrogen-bond acceptors (Lipinski definition) is 5. The van der Waals surface area contributed by atoms with E-state index in [9.17, 15) is 0 Å². The van der Waals surface area contributed by atoms with Crippen LogP contribution in [0.2, 0.25) is 0 Å². The molecule has 2 rings (SSSR count). The molecule has 0 aliphatic rings. The average molecular weight is 333 g/mol. The number of aromatic nitrogens is 2. The van der Waals surface area contributed by atoms with Crippen molar-refractivity contribution in [3.05, 3.63) is 40.5 Å². The number of benzene rings is 1. The van der Waals surface area contributed by atoms with Gasteiger partial charge in [-0.15, -0.1) is 0 Å². The van der Waals surface area contributed by atoms with E-state index in [1.807, 2.05) is 0 Å². The van der Waals surface area contributed by atoms with E-state index in [1.165, 1.54) is 0 Å². The molecule has 0 aliphatic carbocycles. The van der Waals surface area contributed by atoms with Crippen LogP contribution in [-0.4, -0.2) is 16.5 Å². The topological polar surface area (TPSA) is 70.8 Å². The van der Waals surface area contributed by atoms with E-state index in [0.717, 1.165) is 13.0 Å². The number of anilines is 1. The predicted octanol–water partition coefficient (Wildman–Crippen LogP) is 3.72. The lowest BCUT2D eigenvalue weighted by Gasteiger charge is -2.08. The van der Waals surface area contributed by atoms with E-state index in [-0.39, 0.29) is 0 Å². The first-order valence-electron chi connectivity index (χ1n) is 6.17. The van der Waals surface area contributed by atoms with Crippen LogP contribution in [0.5, 0.6) is 11.6 Å². The fourth-order valence-electron chi connectivity index (χ4n) is 1.45. The molecule has 0 bridgehead atoms. The lowest BCUT2D eigenvalue weighted by atomic mass is 10.2. The Balaban J connectivity index is 2.16. The van der Waals surface area contributed by atoms with Crippen molar-refractivity contribution >= 4 is 21.9 Å². The maximum atomic E-state index is 8.75. The van der Waals surface area contributed by atoms with Crippen LogP contribution >= 0.6 is 15.9 Å². The standard InChI is InChI=1S/C14H13BrN4O/c1-2-7-17-14-18-9-12(15)13(19-14)20-11-5-3-10(8-16)4-6-11/h3-6,9H,2,7H2,1H3,(H,17,18,19). The quantitative estimate of drug-likeness (QED) is 0.903. The summed E-state index contributed by atoms with van der Waals surface area (Å²) in [5.41, 5.74) is 0.587. The number of nitrogens with one attached hydrogen (secondary N) is 1. The van der Waals surface area contributed by atoms with Crippen LogP contribution in [0.4, 0.5) is 5.95 Å². The molecule has 20 heavy (non-hydrogen) atoms. The molecule has 2 aromatic rings. The lowest BCUT2D eigenvalue weighted by molar-refractivity contribution is 0.459. The summed E-state index contributed by atoms with van der Waals surface area (Å²) in [6.45, 7) is 2.87. The van der Waals surface area contributed by atoms with Crippen molar-refractivity contribution in [3.8, 4) is 17.7 Å². The summed E-state index contributed by atoms with van der Waals surface area (Å²) in [7, 11) is 0. The highest BCUT2D eigenvalue weighted by Gasteiger charge is 2.07. The van der Waals surface area contributed by atoms with Crippen LogP contribution in [-0.2, 0) is 0 Å². The fourth-order valence-corrected chi connectivity index (χ4v) is 1.73. The Kier molecular flexibility index (Phi) is 4.91. The minimum absolute atomic E-state index is 0.434. The van der Waals surface area contributed by atoms with E-state index >= 15 is 0 Å². The SMILES string of the molecule is CCCNc1ncc(Br)c(Oc2ccc(C#N)cc2)n1. The van der Waals surface area contributed by atoms with E-state index < -0.39 is 0 Å². The molecule has 0 unspecified atom stereocenters. The molecule has 0 radical (unpaired) electrons. The van der Waals surface area contributed by atoms with Gasteiger partial charge in [0.2, 0.25) is 11.8 Å². The summed E-state index contributed by atoms with van der Waals surface area (Å²) in [5, 5.41) is 11.9. The largest absolute Gasteiger partial charge is 0.438 e. The highest BCUT2D eigenvalue weighted by molar-refractivity contribution is 9.10. The van der Waals surface area contributed by atoms with Gasteiger partial charge in [0.15, 0.2) is 0 Å². The van der Waals surface area contributed by atoms with Crippen molar-refractivity contribution in [2.75, 3.05) is 11.9 Å². The molecule has 1 heterocycles. The Morgan fingerprint density at radius 2 is 2.10 bits per heavy atom. The van der Waals surface area contributed by atoms with Crippen molar-refractivity contribution in [2.45, 2.75) is 13.3 Å². The fraction of sp³-hybridized carbons (Fsp3) is 0.214. The van der Waals surface area contributed by atoms with Gasteiger partial charge in [-0.05, 0) is 46.6 Å². The van der Waals surface area contributed by atoms with Gasteiger partial charge in [0.05, 0.1) is 22.3 Å². The van der Waals surface area contributed by atoms with Gasteiger partial charge in [-0.1, -0.05) is 6.92 Å². The molecule has 1 N–H and O–H groups in total. The number of halogens is 1.